The molecule has 0 aliphatic carbocycles. The fourth-order valence-electron chi connectivity index (χ4n) is 5.86. The summed E-state index contributed by atoms with van der Waals surface area (Å²) in [6.45, 7) is 14.5. The third kappa shape index (κ3) is 9.33. The zero-order valence-corrected chi connectivity index (χ0v) is 30.9. The van der Waals surface area contributed by atoms with Gasteiger partial charge in [-0.3, -0.25) is 18.9 Å². The van der Waals surface area contributed by atoms with Crippen LogP contribution >= 0.6 is 46.5 Å². The molecule has 1 atom stereocenters. The van der Waals surface area contributed by atoms with Crippen LogP contribution in [-0.4, -0.2) is 80.7 Å². The van der Waals surface area contributed by atoms with Gasteiger partial charge in [0.25, 0.3) is 0 Å². The van der Waals surface area contributed by atoms with Crippen LogP contribution in [-0.2, 0) is 20.8 Å². The highest BCUT2D eigenvalue weighted by atomic mass is 35.5. The largest absolute Gasteiger partial charge is 0.444 e. The summed E-state index contributed by atoms with van der Waals surface area (Å²) in [7, 11) is 0. The average molecular weight is 721 g/mol. The molecule has 13 heteroatoms. The first-order valence-electron chi connectivity index (χ1n) is 15.8. The lowest BCUT2D eigenvalue weighted by Crippen LogP contribution is -2.51. The number of carbonyl (C=O) groups is 2. The third-order valence-electron chi connectivity index (χ3n) is 8.11. The minimum Gasteiger partial charge on any atom is -0.444 e. The number of rotatable bonds is 9. The molecule has 2 fully saturated rings. The summed E-state index contributed by atoms with van der Waals surface area (Å²) in [6, 6.07) is 13.8. The summed E-state index contributed by atoms with van der Waals surface area (Å²) in [5.41, 5.74) is 2.50. The first-order valence-corrected chi connectivity index (χ1v) is 18.2. The number of hydrogen-bond acceptors (Lipinski definition) is 9. The van der Waals surface area contributed by atoms with Crippen LogP contribution in [0.1, 0.15) is 59.9 Å². The van der Waals surface area contributed by atoms with E-state index in [9.17, 15) is 9.59 Å². The molecule has 0 saturated carbocycles. The van der Waals surface area contributed by atoms with Crippen molar-refractivity contribution in [2.45, 2.75) is 88.7 Å². The number of carbonyl (C=O) groups excluding carboxylic acids is 2. The van der Waals surface area contributed by atoms with Gasteiger partial charge in [-0.2, -0.15) is 0 Å². The van der Waals surface area contributed by atoms with Crippen LogP contribution in [0.5, 0.6) is 0 Å². The van der Waals surface area contributed by atoms with Crippen molar-refractivity contribution >= 4 is 64.2 Å². The third-order valence-corrected chi connectivity index (χ3v) is 11.0. The molecule has 2 amide bonds. The Labute approximate surface area is 296 Å². The number of halogens is 2. The second kappa shape index (κ2) is 14.9. The molecule has 3 aromatic rings. The number of hydrogen-bond donors (Lipinski definition) is 1. The van der Waals surface area contributed by atoms with E-state index in [-0.39, 0.29) is 24.1 Å². The Morgan fingerprint density at radius 2 is 1.89 bits per heavy atom. The van der Waals surface area contributed by atoms with Crippen molar-refractivity contribution in [3.63, 3.8) is 0 Å². The van der Waals surface area contributed by atoms with Crippen molar-refractivity contribution in [2.75, 3.05) is 31.6 Å². The zero-order chi connectivity index (χ0) is 33.9. The number of benzene rings is 2. The molecule has 0 spiro atoms. The summed E-state index contributed by atoms with van der Waals surface area (Å²) in [4.78, 5) is 34.7. The van der Waals surface area contributed by atoms with E-state index in [1.54, 1.807) is 11.8 Å². The number of aromatic nitrogens is 1. The summed E-state index contributed by atoms with van der Waals surface area (Å²) in [5, 5.41) is 6.63. The van der Waals surface area contributed by atoms with Gasteiger partial charge in [-0.25, -0.2) is 9.78 Å². The number of piperidine rings is 1. The molecule has 2 saturated heterocycles. The monoisotopic (exact) mass is 719 g/mol. The maximum Gasteiger partial charge on any atom is 0.412 e. The quantitative estimate of drug-likeness (QED) is 0.221. The van der Waals surface area contributed by atoms with Crippen LogP contribution in [0.4, 0.5) is 10.5 Å². The predicted molar refractivity (Wildman–Crippen MR) is 191 cm³/mol. The average Bonchev–Trinajstić information content (AvgIpc) is 3.60. The maximum atomic E-state index is 13.0. The van der Waals surface area contributed by atoms with Crippen molar-refractivity contribution in [3.8, 4) is 11.3 Å². The molecule has 1 N–H and O–H groups in total. The molecule has 5 rings (SSSR count). The minimum absolute atomic E-state index is 0.0281. The van der Waals surface area contributed by atoms with Crippen LogP contribution in [0.3, 0.4) is 0 Å². The van der Waals surface area contributed by atoms with Crippen molar-refractivity contribution in [2.24, 2.45) is 0 Å². The van der Waals surface area contributed by atoms with Crippen molar-refractivity contribution in [1.29, 1.82) is 0 Å². The first kappa shape index (κ1) is 35.8. The second-order valence-corrected chi connectivity index (χ2v) is 16.3. The van der Waals surface area contributed by atoms with E-state index in [0.717, 1.165) is 59.3 Å². The van der Waals surface area contributed by atoms with Crippen molar-refractivity contribution in [3.05, 3.63) is 63.5 Å². The second-order valence-electron chi connectivity index (χ2n) is 13.4. The van der Waals surface area contributed by atoms with Crippen LogP contribution in [0, 0.1) is 0 Å². The number of amides is 2. The number of ether oxygens (including phenoxy) is 2. The summed E-state index contributed by atoms with van der Waals surface area (Å²) >= 11 is 15.2. The van der Waals surface area contributed by atoms with Crippen molar-refractivity contribution < 1.29 is 19.1 Å². The van der Waals surface area contributed by atoms with Gasteiger partial charge in [-0.1, -0.05) is 41.4 Å². The van der Waals surface area contributed by atoms with E-state index in [4.69, 9.17) is 37.7 Å². The van der Waals surface area contributed by atoms with Crippen molar-refractivity contribution in [1.82, 2.24) is 19.1 Å². The molecule has 0 bridgehead atoms. The van der Waals surface area contributed by atoms with Gasteiger partial charge in [0.05, 0.1) is 28.4 Å². The number of thiazole rings is 1. The van der Waals surface area contributed by atoms with E-state index in [1.807, 2.05) is 80.7 Å². The number of anilines is 1. The van der Waals surface area contributed by atoms with Crippen LogP contribution in [0.25, 0.3) is 11.3 Å². The van der Waals surface area contributed by atoms with E-state index >= 15 is 0 Å². The van der Waals surface area contributed by atoms with Gasteiger partial charge in [0.2, 0.25) is 5.91 Å². The fourth-order valence-corrected chi connectivity index (χ4v) is 8.08. The first-order chi connectivity index (χ1) is 22.2. The van der Waals surface area contributed by atoms with Crippen LogP contribution in [0.2, 0.25) is 10.0 Å². The highest BCUT2D eigenvalue weighted by Gasteiger charge is 2.45. The molecule has 2 aliphatic rings. The lowest BCUT2D eigenvalue weighted by Gasteiger charge is -2.37. The molecular weight excluding hydrogens is 677 g/mol. The lowest BCUT2D eigenvalue weighted by molar-refractivity contribution is -0.125. The molecule has 0 unspecified atom stereocenters. The molecule has 1 aromatic heterocycles. The Morgan fingerprint density at radius 1 is 1.15 bits per heavy atom. The number of likely N-dealkylation sites (tertiary alicyclic amines) is 1. The molecule has 2 aliphatic heterocycles. The Balaban J connectivity index is 1.17. The SMILES string of the molecule is CC(=O)N(Sc1nc(-c2cccc(NC[C@H]3COC(C)(C)N3C(=O)OC(C)(C)C)c2)cs1)C1CCN(Cc2ccc(Cl)c(Cl)c2)CC1. The minimum atomic E-state index is -0.762. The van der Waals surface area contributed by atoms with Gasteiger partial charge >= 0.3 is 6.09 Å². The Bertz CT molecular complexity index is 1570. The molecule has 0 radical (unpaired) electrons. The molecule has 254 valence electrons. The van der Waals surface area contributed by atoms with E-state index in [0.29, 0.717) is 23.2 Å². The summed E-state index contributed by atoms with van der Waals surface area (Å²) in [5.74, 6) is 0.0281. The van der Waals surface area contributed by atoms with Gasteiger partial charge in [0.1, 0.15) is 11.3 Å². The van der Waals surface area contributed by atoms with E-state index in [1.165, 1.54) is 23.3 Å². The molecule has 47 heavy (non-hydrogen) atoms. The van der Waals surface area contributed by atoms with Crippen LogP contribution in [0.15, 0.2) is 52.2 Å². The standard InChI is InChI=1S/C34H43Cl2N5O4S2/c1-22(42)41(26-12-14-39(15-13-26)19-23-10-11-28(35)29(36)16-23)47-31-38-30(21-46-31)24-8-7-9-25(17-24)37-18-27-20-44-34(5,6)40(27)32(43)45-33(2,3)4/h7-11,16-17,21,26-27,37H,12-15,18-20H2,1-6H3/t27-/m0/s1. The molecule has 3 heterocycles. The molecule has 9 nitrogen and oxygen atoms in total. The van der Waals surface area contributed by atoms with Gasteiger partial charge in [0.15, 0.2) is 4.34 Å². The zero-order valence-electron chi connectivity index (χ0n) is 27.7. The number of nitrogens with one attached hydrogen (secondary N) is 1. The molecule has 2 aromatic carbocycles. The lowest BCUT2D eigenvalue weighted by atomic mass is 10.0. The topological polar surface area (TPSA) is 87.2 Å². The van der Waals surface area contributed by atoms with Gasteiger partial charge in [-0.05, 0) is 77.3 Å². The van der Waals surface area contributed by atoms with Gasteiger partial charge < -0.3 is 14.8 Å². The molecular formula is C34H43Cl2N5O4S2. The maximum absolute atomic E-state index is 13.0. The van der Waals surface area contributed by atoms with Gasteiger partial charge in [-0.15, -0.1) is 11.3 Å². The fraction of sp³-hybridized carbons (Fsp3) is 0.500. The Kier molecular flexibility index (Phi) is 11.4. The van der Waals surface area contributed by atoms with E-state index < -0.39 is 11.3 Å². The number of nitrogens with zero attached hydrogens (tertiary/aromatic N) is 4. The van der Waals surface area contributed by atoms with Gasteiger partial charge in [0, 0.05) is 67.7 Å². The Hall–Kier alpha value is -2.54. The summed E-state index contributed by atoms with van der Waals surface area (Å²) < 4.78 is 14.3. The normalized spacial score (nSPS) is 18.7. The smallest absolute Gasteiger partial charge is 0.412 e. The highest BCUT2D eigenvalue weighted by molar-refractivity contribution is 7.99. The van der Waals surface area contributed by atoms with Crippen LogP contribution < -0.4 is 5.32 Å². The summed E-state index contributed by atoms with van der Waals surface area (Å²) in [6.07, 6.45) is 1.38. The predicted octanol–water partition coefficient (Wildman–Crippen LogP) is 8.42. The highest BCUT2D eigenvalue weighted by Crippen LogP contribution is 2.35. The Morgan fingerprint density at radius 3 is 2.57 bits per heavy atom. The van der Waals surface area contributed by atoms with E-state index in [2.05, 4.69) is 16.3 Å².